The van der Waals surface area contributed by atoms with E-state index in [0.29, 0.717) is 30.2 Å². The zero-order valence-electron chi connectivity index (χ0n) is 12.4. The number of amides is 1. The molecule has 2 fully saturated rings. The second-order valence-corrected chi connectivity index (χ2v) is 7.24. The Morgan fingerprint density at radius 2 is 1.95 bits per heavy atom. The van der Waals surface area contributed by atoms with Crippen molar-refractivity contribution in [1.29, 1.82) is 5.26 Å². The van der Waals surface area contributed by atoms with E-state index in [2.05, 4.69) is 18.2 Å². The van der Waals surface area contributed by atoms with Crippen LogP contribution in [0.1, 0.15) is 33.6 Å². The molecule has 4 rings (SSSR count). The van der Waals surface area contributed by atoms with Crippen LogP contribution in [0.5, 0.6) is 0 Å². The lowest BCUT2D eigenvalue weighted by Crippen LogP contribution is -2.42. The lowest BCUT2D eigenvalue weighted by atomic mass is 9.62. The van der Waals surface area contributed by atoms with Crippen molar-refractivity contribution in [2.75, 3.05) is 6.54 Å². The Labute approximate surface area is 120 Å². The maximum Gasteiger partial charge on any atom is 0.411 e. The van der Waals surface area contributed by atoms with E-state index in [9.17, 15) is 10.1 Å². The predicted molar refractivity (Wildman–Crippen MR) is 74.7 cm³/mol. The summed E-state index contributed by atoms with van der Waals surface area (Å²) in [6, 6.07) is 2.03. The zero-order chi connectivity index (χ0) is 14.5. The van der Waals surface area contributed by atoms with Gasteiger partial charge in [-0.15, -0.1) is 0 Å². The normalized spacial score (nSPS) is 38.5. The Morgan fingerprint density at radius 3 is 2.50 bits per heavy atom. The molecular formula is C16H22N2O2. The molecule has 0 aromatic carbocycles. The predicted octanol–water partition coefficient (Wildman–Crippen LogP) is 2.96. The van der Waals surface area contributed by atoms with Crippen molar-refractivity contribution in [2.45, 2.75) is 45.3 Å². The van der Waals surface area contributed by atoms with Crippen molar-refractivity contribution in [1.82, 2.24) is 4.90 Å². The number of allylic oxidation sites excluding steroid dienone is 2. The van der Waals surface area contributed by atoms with Gasteiger partial charge in [-0.1, -0.05) is 12.2 Å². The molecule has 1 heterocycles. The maximum atomic E-state index is 12.3. The van der Waals surface area contributed by atoms with Gasteiger partial charge in [0, 0.05) is 12.5 Å². The molecule has 5 unspecified atom stereocenters. The van der Waals surface area contributed by atoms with Gasteiger partial charge in [-0.05, 0) is 51.4 Å². The average molecular weight is 274 g/mol. The van der Waals surface area contributed by atoms with Crippen molar-refractivity contribution in [3.63, 3.8) is 0 Å². The fourth-order valence-corrected chi connectivity index (χ4v) is 4.08. The molecule has 4 nitrogen and oxygen atoms in total. The van der Waals surface area contributed by atoms with Crippen LogP contribution in [-0.2, 0) is 4.74 Å². The second-order valence-electron chi connectivity index (χ2n) is 7.24. The molecule has 20 heavy (non-hydrogen) atoms. The highest BCUT2D eigenvalue weighted by atomic mass is 16.6. The first-order valence-corrected chi connectivity index (χ1v) is 7.48. The van der Waals surface area contributed by atoms with Crippen molar-refractivity contribution in [2.24, 2.45) is 23.7 Å². The Morgan fingerprint density at radius 1 is 1.30 bits per heavy atom. The number of hydrogen-bond donors (Lipinski definition) is 0. The number of nitrogens with zero attached hydrogens (tertiary/aromatic N) is 2. The summed E-state index contributed by atoms with van der Waals surface area (Å²) >= 11 is 0. The summed E-state index contributed by atoms with van der Waals surface area (Å²) in [5.41, 5.74) is -0.512. The molecule has 0 N–H and O–H groups in total. The Bertz CT molecular complexity index is 486. The van der Waals surface area contributed by atoms with Gasteiger partial charge < -0.3 is 4.74 Å². The van der Waals surface area contributed by atoms with Crippen LogP contribution in [0.25, 0.3) is 0 Å². The van der Waals surface area contributed by atoms with Crippen molar-refractivity contribution in [3.8, 4) is 6.07 Å². The van der Waals surface area contributed by atoms with Crippen LogP contribution in [-0.4, -0.2) is 29.2 Å². The summed E-state index contributed by atoms with van der Waals surface area (Å²) in [5.74, 6) is 1.74. The molecule has 5 atom stereocenters. The van der Waals surface area contributed by atoms with Crippen molar-refractivity contribution < 1.29 is 9.53 Å². The largest absolute Gasteiger partial charge is 0.444 e. The third kappa shape index (κ3) is 2.09. The SMILES string of the molecule is CC(C)(C)OC(=O)N1CC2C3C=CC(CC3)C2C1C#N. The van der Waals surface area contributed by atoms with E-state index >= 15 is 0 Å². The van der Waals surface area contributed by atoms with Gasteiger partial charge in [-0.2, -0.15) is 5.26 Å². The first-order chi connectivity index (χ1) is 9.40. The lowest BCUT2D eigenvalue weighted by molar-refractivity contribution is 0.0241. The molecule has 108 valence electrons. The molecule has 1 aliphatic heterocycles. The van der Waals surface area contributed by atoms with Gasteiger partial charge >= 0.3 is 6.09 Å². The van der Waals surface area contributed by atoms with Crippen LogP contribution in [0.4, 0.5) is 4.79 Å². The fourth-order valence-electron chi connectivity index (χ4n) is 4.08. The first-order valence-electron chi connectivity index (χ1n) is 7.48. The number of hydrogen-bond acceptors (Lipinski definition) is 3. The van der Waals surface area contributed by atoms with Gasteiger partial charge in [-0.25, -0.2) is 4.79 Å². The van der Waals surface area contributed by atoms with Crippen LogP contribution in [0.3, 0.4) is 0 Å². The number of likely N-dealkylation sites (tertiary alicyclic amines) is 1. The van der Waals surface area contributed by atoms with Gasteiger partial charge in [0.25, 0.3) is 0 Å². The van der Waals surface area contributed by atoms with E-state index in [4.69, 9.17) is 4.74 Å². The number of carbonyl (C=O) groups is 1. The number of fused-ring (bicyclic) bond motifs is 1. The third-order valence-electron chi connectivity index (χ3n) is 4.85. The molecule has 0 radical (unpaired) electrons. The van der Waals surface area contributed by atoms with Crippen LogP contribution in [0.15, 0.2) is 12.2 Å². The molecular weight excluding hydrogens is 252 g/mol. The van der Waals surface area contributed by atoms with Crippen molar-refractivity contribution in [3.05, 3.63) is 12.2 Å². The van der Waals surface area contributed by atoms with Gasteiger partial charge in [0.1, 0.15) is 11.6 Å². The summed E-state index contributed by atoms with van der Waals surface area (Å²) in [6.45, 7) is 6.26. The average Bonchev–Trinajstić information content (AvgIpc) is 2.79. The molecule has 0 spiro atoms. The van der Waals surface area contributed by atoms with E-state index in [0.717, 1.165) is 6.42 Å². The Balaban J connectivity index is 1.82. The Hall–Kier alpha value is -1.50. The molecule has 4 aliphatic rings. The minimum Gasteiger partial charge on any atom is -0.444 e. The highest BCUT2D eigenvalue weighted by Gasteiger charge is 2.53. The summed E-state index contributed by atoms with van der Waals surface area (Å²) in [7, 11) is 0. The Kier molecular flexibility index (Phi) is 3.04. The van der Waals surface area contributed by atoms with Crippen LogP contribution >= 0.6 is 0 Å². The fraction of sp³-hybridized carbons (Fsp3) is 0.750. The van der Waals surface area contributed by atoms with E-state index in [1.807, 2.05) is 20.8 Å². The summed E-state index contributed by atoms with van der Waals surface area (Å²) in [4.78, 5) is 14.0. The molecule has 2 bridgehead atoms. The van der Waals surface area contributed by atoms with E-state index in [1.165, 1.54) is 6.42 Å². The van der Waals surface area contributed by atoms with E-state index in [-0.39, 0.29) is 12.1 Å². The standard InChI is InChI=1S/C16H22N2O2/c1-16(2,3)20-15(19)18-9-12-10-4-6-11(7-5-10)14(12)13(18)8-17/h4,6,10-14H,5,7,9H2,1-3H3. The van der Waals surface area contributed by atoms with Gasteiger partial charge in [0.2, 0.25) is 0 Å². The molecule has 1 amide bonds. The van der Waals surface area contributed by atoms with Crippen LogP contribution < -0.4 is 0 Å². The quantitative estimate of drug-likeness (QED) is 0.638. The second kappa shape index (κ2) is 4.51. The molecule has 0 aromatic heterocycles. The smallest absolute Gasteiger partial charge is 0.411 e. The molecule has 1 saturated heterocycles. The van der Waals surface area contributed by atoms with Gasteiger partial charge in [0.05, 0.1) is 6.07 Å². The van der Waals surface area contributed by atoms with Crippen molar-refractivity contribution >= 4 is 6.09 Å². The van der Waals surface area contributed by atoms with Crippen LogP contribution in [0, 0.1) is 35.0 Å². The van der Waals surface area contributed by atoms with Crippen LogP contribution in [0.2, 0.25) is 0 Å². The summed E-state index contributed by atoms with van der Waals surface area (Å²) < 4.78 is 5.47. The minimum absolute atomic E-state index is 0.302. The van der Waals surface area contributed by atoms with E-state index < -0.39 is 5.60 Å². The first kappa shape index (κ1) is 13.5. The summed E-state index contributed by atoms with van der Waals surface area (Å²) in [6.07, 6.45) is 6.57. The molecule has 4 heteroatoms. The maximum absolute atomic E-state index is 12.3. The molecule has 3 aliphatic carbocycles. The topological polar surface area (TPSA) is 53.3 Å². The molecule has 1 saturated carbocycles. The number of rotatable bonds is 0. The lowest BCUT2D eigenvalue weighted by Gasteiger charge is -2.41. The molecule has 0 aromatic rings. The number of ether oxygens (including phenoxy) is 1. The van der Waals surface area contributed by atoms with Gasteiger partial charge in [0.15, 0.2) is 0 Å². The third-order valence-corrected chi connectivity index (χ3v) is 4.85. The highest BCUT2D eigenvalue weighted by molar-refractivity contribution is 5.69. The zero-order valence-corrected chi connectivity index (χ0v) is 12.4. The minimum atomic E-state index is -0.512. The number of nitriles is 1. The van der Waals surface area contributed by atoms with E-state index in [1.54, 1.807) is 4.90 Å². The monoisotopic (exact) mass is 274 g/mol. The highest BCUT2D eigenvalue weighted by Crippen LogP contribution is 2.51. The summed E-state index contributed by atoms with van der Waals surface area (Å²) in [5, 5.41) is 9.53. The number of carbonyl (C=O) groups excluding carboxylic acids is 1. The van der Waals surface area contributed by atoms with Gasteiger partial charge in [-0.3, -0.25) is 4.90 Å².